The van der Waals surface area contributed by atoms with Gasteiger partial charge in [-0.25, -0.2) is 0 Å². The zero-order valence-electron chi connectivity index (χ0n) is 44.9. The lowest BCUT2D eigenvalue weighted by atomic mass is 9.83. The quantitative estimate of drug-likeness (QED) is 0.128. The smallest absolute Gasteiger partial charge is 0.246 e. The number of nitrogens with zero attached hydrogens (tertiary/aromatic N) is 4. The number of fused-ring (bicyclic) bond motifs is 2. The molecule has 16 heteroatoms. The molecule has 3 aliphatic heterocycles. The van der Waals surface area contributed by atoms with Crippen LogP contribution < -0.4 is 41.7 Å². The third-order valence-corrected chi connectivity index (χ3v) is 18.3. The molecule has 1 unspecified atom stereocenters. The Morgan fingerprint density at radius 3 is 1.24 bits per heavy atom. The third-order valence-electron chi connectivity index (χ3n) is 18.3. The standard InChI is InChI=1S/C58H86N10O6/c1-37(59-3)53(69)63-51(39-17-7-5-8-18-39)57(73)67-31-15-29-49(67)55(71)61-45-25-11-23-43-41(45)21-13-27-47(43)65-33-35-66(36-34-65)48-28-14-22-42-44(48)24-12-26-46(42)62-56(72)50-30-16-32-68(50)58(74)52(40-19-9-6-10-20-40)64-54(70)38(2)60-4/h13-14,21-22,27-28,37-40,45-46,49-52,59-60H,5-12,15-20,23-26,29-36H2,1-4H3,(H,61,71)(H,62,72)(H,63,69)(H,64,70)/t37-,38-,45+,46+,49-,50?,51-,52-/m0/s1. The fourth-order valence-electron chi connectivity index (χ4n) is 13.8. The number of carbonyl (C=O) groups is 6. The monoisotopic (exact) mass is 1020 g/mol. The van der Waals surface area contributed by atoms with Crippen molar-refractivity contribution in [3.05, 3.63) is 58.7 Å². The first-order valence-corrected chi connectivity index (χ1v) is 28.9. The highest BCUT2D eigenvalue weighted by molar-refractivity contribution is 5.95. The van der Waals surface area contributed by atoms with E-state index in [-0.39, 0.29) is 59.4 Å². The van der Waals surface area contributed by atoms with Crippen LogP contribution in [0.3, 0.4) is 0 Å². The molecule has 3 heterocycles. The van der Waals surface area contributed by atoms with Gasteiger partial charge in [-0.3, -0.25) is 28.8 Å². The molecular formula is C58H86N10O6. The molecule has 74 heavy (non-hydrogen) atoms. The first-order chi connectivity index (χ1) is 35.9. The van der Waals surface area contributed by atoms with Crippen LogP contribution in [0.5, 0.6) is 0 Å². The molecule has 0 spiro atoms. The number of rotatable bonds is 16. The van der Waals surface area contributed by atoms with Crippen LogP contribution in [0.15, 0.2) is 36.4 Å². The molecule has 0 radical (unpaired) electrons. The van der Waals surface area contributed by atoms with Crippen LogP contribution in [0, 0.1) is 11.8 Å². The van der Waals surface area contributed by atoms with Gasteiger partial charge in [0.2, 0.25) is 35.4 Å². The van der Waals surface area contributed by atoms with Gasteiger partial charge in [0.1, 0.15) is 24.2 Å². The van der Waals surface area contributed by atoms with Crippen molar-refractivity contribution in [1.29, 1.82) is 0 Å². The molecular weight excluding hydrogens is 933 g/mol. The number of hydrogen-bond donors (Lipinski definition) is 6. The van der Waals surface area contributed by atoms with Gasteiger partial charge in [-0.2, -0.15) is 0 Å². The molecule has 4 aliphatic carbocycles. The number of likely N-dealkylation sites (tertiary alicyclic amines) is 2. The van der Waals surface area contributed by atoms with Gasteiger partial charge in [0.15, 0.2) is 0 Å². The first-order valence-electron chi connectivity index (χ1n) is 28.9. The van der Waals surface area contributed by atoms with E-state index in [0.717, 1.165) is 142 Å². The van der Waals surface area contributed by atoms with Crippen molar-refractivity contribution in [2.45, 2.75) is 191 Å². The van der Waals surface area contributed by atoms with Crippen LogP contribution >= 0.6 is 0 Å². The predicted octanol–water partition coefficient (Wildman–Crippen LogP) is 5.33. The van der Waals surface area contributed by atoms with Gasteiger partial charge in [0.05, 0.1) is 24.2 Å². The molecule has 2 aromatic rings. The molecule has 6 amide bonds. The van der Waals surface area contributed by atoms with E-state index in [1.54, 1.807) is 37.7 Å². The van der Waals surface area contributed by atoms with Gasteiger partial charge in [0.25, 0.3) is 0 Å². The zero-order chi connectivity index (χ0) is 51.9. The Hall–Kier alpha value is -5.22. The molecule has 0 aromatic heterocycles. The second kappa shape index (κ2) is 24.6. The van der Waals surface area contributed by atoms with Gasteiger partial charge >= 0.3 is 0 Å². The van der Waals surface area contributed by atoms with E-state index < -0.39 is 36.3 Å². The number of hydrogen-bond acceptors (Lipinski definition) is 10. The van der Waals surface area contributed by atoms with Crippen LogP contribution in [0.4, 0.5) is 11.4 Å². The molecule has 8 atom stereocenters. The fraction of sp³-hybridized carbons (Fsp3) is 0.690. The lowest BCUT2D eigenvalue weighted by Gasteiger charge is -2.41. The van der Waals surface area contributed by atoms with Crippen molar-refractivity contribution >= 4 is 46.8 Å². The van der Waals surface area contributed by atoms with Crippen LogP contribution in [0.1, 0.15) is 164 Å². The molecule has 6 N–H and O–H groups in total. The van der Waals surface area contributed by atoms with Crippen LogP contribution in [0.2, 0.25) is 0 Å². The highest BCUT2D eigenvalue weighted by atomic mass is 16.2. The van der Waals surface area contributed by atoms with Crippen LogP contribution in [-0.2, 0) is 41.6 Å². The van der Waals surface area contributed by atoms with E-state index in [4.69, 9.17) is 0 Å². The van der Waals surface area contributed by atoms with Gasteiger partial charge in [0, 0.05) is 50.6 Å². The average molecular weight is 1020 g/mol. The molecule has 2 aromatic carbocycles. The van der Waals surface area contributed by atoms with Gasteiger partial charge in [-0.05, 0) is 164 Å². The summed E-state index contributed by atoms with van der Waals surface area (Å²) in [4.78, 5) is 92.2. The summed E-state index contributed by atoms with van der Waals surface area (Å²) in [6, 6.07) is 9.55. The van der Waals surface area contributed by atoms with Gasteiger partial charge in [-0.1, -0.05) is 62.8 Å². The molecule has 3 saturated heterocycles. The Labute approximate surface area is 440 Å². The van der Waals surface area contributed by atoms with Gasteiger partial charge in [-0.15, -0.1) is 0 Å². The number of benzene rings is 2. The molecule has 404 valence electrons. The summed E-state index contributed by atoms with van der Waals surface area (Å²) in [6.07, 6.45) is 18.3. The maximum atomic E-state index is 14.4. The molecule has 7 aliphatic rings. The van der Waals surface area contributed by atoms with E-state index in [9.17, 15) is 28.8 Å². The second-order valence-electron chi connectivity index (χ2n) is 22.7. The van der Waals surface area contributed by atoms with Crippen LogP contribution in [-0.4, -0.2) is 135 Å². The molecule has 0 bridgehead atoms. The number of anilines is 2. The van der Waals surface area contributed by atoms with Crippen molar-refractivity contribution in [3.63, 3.8) is 0 Å². The fourth-order valence-corrected chi connectivity index (χ4v) is 13.8. The summed E-state index contributed by atoms with van der Waals surface area (Å²) in [5.41, 5.74) is 7.40. The number of nitrogens with one attached hydrogen (secondary N) is 6. The van der Waals surface area contributed by atoms with Crippen molar-refractivity contribution in [2.75, 3.05) is 63.2 Å². The first kappa shape index (κ1) is 53.6. The summed E-state index contributed by atoms with van der Waals surface area (Å²) in [6.45, 7) is 8.04. The van der Waals surface area contributed by atoms with Crippen molar-refractivity contribution in [3.8, 4) is 0 Å². The summed E-state index contributed by atoms with van der Waals surface area (Å²) < 4.78 is 0. The topological polar surface area (TPSA) is 188 Å². The Morgan fingerprint density at radius 1 is 0.473 bits per heavy atom. The maximum Gasteiger partial charge on any atom is 0.246 e. The highest BCUT2D eigenvalue weighted by Crippen LogP contribution is 2.40. The van der Waals surface area contributed by atoms with Crippen molar-refractivity contribution < 1.29 is 28.8 Å². The van der Waals surface area contributed by atoms with E-state index in [0.29, 0.717) is 25.9 Å². The Morgan fingerprint density at radius 2 is 0.865 bits per heavy atom. The second-order valence-corrected chi connectivity index (χ2v) is 22.7. The minimum absolute atomic E-state index is 0.0683. The lowest BCUT2D eigenvalue weighted by molar-refractivity contribution is -0.143. The predicted molar refractivity (Wildman–Crippen MR) is 288 cm³/mol. The summed E-state index contributed by atoms with van der Waals surface area (Å²) in [5, 5.41) is 19.1. The molecule has 5 fully saturated rings. The lowest BCUT2D eigenvalue weighted by Crippen LogP contribution is -2.58. The average Bonchev–Trinajstić information content (AvgIpc) is 4.15. The van der Waals surface area contributed by atoms with E-state index in [1.807, 2.05) is 0 Å². The summed E-state index contributed by atoms with van der Waals surface area (Å²) in [7, 11) is 3.49. The Kier molecular flexibility index (Phi) is 17.8. The maximum absolute atomic E-state index is 14.4. The van der Waals surface area contributed by atoms with Gasteiger partial charge < -0.3 is 51.5 Å². The van der Waals surface area contributed by atoms with Crippen LogP contribution in [0.25, 0.3) is 0 Å². The minimum Gasteiger partial charge on any atom is -0.368 e. The largest absolute Gasteiger partial charge is 0.368 e. The number of likely N-dealkylation sites (N-methyl/N-ethyl adjacent to an activating group) is 2. The summed E-state index contributed by atoms with van der Waals surface area (Å²) in [5.74, 6) is -0.686. The van der Waals surface area contributed by atoms with E-state index >= 15 is 0 Å². The minimum atomic E-state index is -0.629. The normalized spacial score (nSPS) is 25.2. The Balaban J connectivity index is 0.830. The molecule has 16 nitrogen and oxygen atoms in total. The zero-order valence-corrected chi connectivity index (χ0v) is 44.9. The van der Waals surface area contributed by atoms with Crippen molar-refractivity contribution in [2.24, 2.45) is 11.8 Å². The third kappa shape index (κ3) is 11.8. The molecule has 9 rings (SSSR count). The number of carbonyl (C=O) groups excluding carboxylic acids is 6. The SMILES string of the molecule is CN[C@@H](C)C(=O)N[C@H](C(=O)N1CCCC1C(=O)N[C@@H]1CCCc2c1cccc2N1CCN(c2cccc3c2CCC[C@H]3NC(=O)[C@@H]2CCCN2C(=O)[C@@H](NC(=O)[C@H](C)NC)C2CCCCC2)CC1)C1CCCCC1. The highest BCUT2D eigenvalue weighted by Gasteiger charge is 2.44. The van der Waals surface area contributed by atoms with E-state index in [1.165, 1.54) is 33.6 Å². The molecule has 2 saturated carbocycles. The number of amides is 6. The van der Waals surface area contributed by atoms with E-state index in [2.05, 4.69) is 78.1 Å². The Bertz CT molecular complexity index is 2170. The van der Waals surface area contributed by atoms with Crippen molar-refractivity contribution in [1.82, 2.24) is 41.7 Å². The summed E-state index contributed by atoms with van der Waals surface area (Å²) >= 11 is 0. The number of piperazine rings is 1.